The summed E-state index contributed by atoms with van der Waals surface area (Å²) in [6, 6.07) is 5.41. The summed E-state index contributed by atoms with van der Waals surface area (Å²) in [5.74, 6) is -0.624. The van der Waals surface area contributed by atoms with Gasteiger partial charge in [0.05, 0.1) is 11.5 Å². The molecule has 0 spiro atoms. The number of carbonyl (C=O) groups excluding carboxylic acids is 2. The third-order valence-corrected chi connectivity index (χ3v) is 4.19. The van der Waals surface area contributed by atoms with E-state index < -0.39 is 0 Å². The van der Waals surface area contributed by atoms with E-state index in [9.17, 15) is 9.59 Å². The molecule has 1 saturated heterocycles. The quantitative estimate of drug-likeness (QED) is 0.860. The van der Waals surface area contributed by atoms with Crippen LogP contribution in [-0.2, 0) is 4.79 Å². The molecule has 6 heteroatoms. The molecule has 1 fully saturated rings. The number of primary amides is 1. The summed E-state index contributed by atoms with van der Waals surface area (Å²) in [6.07, 6.45) is 0.648. The van der Waals surface area contributed by atoms with Crippen LogP contribution in [0.5, 0.6) is 0 Å². The number of benzene rings is 1. The topological polar surface area (TPSA) is 63.4 Å². The fourth-order valence-corrected chi connectivity index (χ4v) is 3.23. The number of rotatable bonds is 2. The largest absolute Gasteiger partial charge is 0.369 e. The lowest BCUT2D eigenvalue weighted by molar-refractivity contribution is -0.121. The highest BCUT2D eigenvalue weighted by Gasteiger charge is 2.30. The van der Waals surface area contributed by atoms with E-state index in [1.54, 1.807) is 11.0 Å². The second kappa shape index (κ2) is 5.40. The Labute approximate surface area is 122 Å². The first-order valence-corrected chi connectivity index (χ1v) is 7.11. The SMILES string of the molecule is NC(=O)C1CCN(C(=O)c2ccc(Br)cc2Br)C1. The monoisotopic (exact) mass is 374 g/mol. The molecule has 1 heterocycles. The fraction of sp³-hybridized carbons (Fsp3) is 0.333. The molecule has 1 aromatic rings. The van der Waals surface area contributed by atoms with Crippen molar-refractivity contribution >= 4 is 43.7 Å². The summed E-state index contributed by atoms with van der Waals surface area (Å²) in [7, 11) is 0. The van der Waals surface area contributed by atoms with E-state index in [-0.39, 0.29) is 17.7 Å². The van der Waals surface area contributed by atoms with Crippen molar-refractivity contribution in [1.82, 2.24) is 4.90 Å². The molecule has 0 radical (unpaired) electrons. The molecule has 96 valence electrons. The number of hydrogen-bond donors (Lipinski definition) is 1. The van der Waals surface area contributed by atoms with Gasteiger partial charge >= 0.3 is 0 Å². The second-order valence-electron chi connectivity index (χ2n) is 4.26. The molecule has 0 saturated carbocycles. The summed E-state index contributed by atoms with van der Waals surface area (Å²) in [5.41, 5.74) is 5.86. The van der Waals surface area contributed by atoms with Gasteiger partial charge in [0.25, 0.3) is 5.91 Å². The van der Waals surface area contributed by atoms with E-state index in [0.717, 1.165) is 8.95 Å². The van der Waals surface area contributed by atoms with E-state index in [1.807, 2.05) is 12.1 Å². The zero-order valence-corrected chi connectivity index (χ0v) is 12.7. The summed E-state index contributed by atoms with van der Waals surface area (Å²) >= 11 is 6.71. The van der Waals surface area contributed by atoms with Crippen molar-refractivity contribution in [2.45, 2.75) is 6.42 Å². The van der Waals surface area contributed by atoms with Crippen LogP contribution in [0.3, 0.4) is 0 Å². The lowest BCUT2D eigenvalue weighted by atomic mass is 10.1. The normalized spacial score (nSPS) is 19.0. The average molecular weight is 376 g/mol. The van der Waals surface area contributed by atoms with Gasteiger partial charge in [0, 0.05) is 22.0 Å². The van der Waals surface area contributed by atoms with Crippen molar-refractivity contribution in [2.24, 2.45) is 11.7 Å². The first-order chi connectivity index (χ1) is 8.49. The van der Waals surface area contributed by atoms with Crippen LogP contribution in [0, 0.1) is 5.92 Å². The molecule has 18 heavy (non-hydrogen) atoms. The number of hydrogen-bond acceptors (Lipinski definition) is 2. The molecule has 2 rings (SSSR count). The standard InChI is InChI=1S/C12H12Br2N2O2/c13-8-1-2-9(10(14)5-8)12(18)16-4-3-7(6-16)11(15)17/h1-2,5,7H,3-4,6H2,(H2,15,17). The summed E-state index contributed by atoms with van der Waals surface area (Å²) < 4.78 is 1.65. The fourth-order valence-electron chi connectivity index (χ4n) is 2.01. The molecule has 1 aromatic carbocycles. The van der Waals surface area contributed by atoms with Gasteiger partial charge in [-0.05, 0) is 40.5 Å². The molecule has 1 aliphatic rings. The minimum absolute atomic E-state index is 0.0712. The average Bonchev–Trinajstić information content (AvgIpc) is 2.77. The van der Waals surface area contributed by atoms with Gasteiger partial charge in [-0.1, -0.05) is 15.9 Å². The molecular formula is C12H12Br2N2O2. The number of likely N-dealkylation sites (tertiary alicyclic amines) is 1. The Morgan fingerprint density at radius 1 is 1.33 bits per heavy atom. The van der Waals surface area contributed by atoms with Crippen molar-refractivity contribution in [3.63, 3.8) is 0 Å². The van der Waals surface area contributed by atoms with Crippen molar-refractivity contribution in [1.29, 1.82) is 0 Å². The molecule has 2 amide bonds. The van der Waals surface area contributed by atoms with Crippen LogP contribution < -0.4 is 5.73 Å². The third kappa shape index (κ3) is 2.75. The van der Waals surface area contributed by atoms with Crippen LogP contribution in [0.15, 0.2) is 27.1 Å². The van der Waals surface area contributed by atoms with Gasteiger partial charge in [-0.2, -0.15) is 0 Å². The van der Waals surface area contributed by atoms with E-state index in [0.29, 0.717) is 25.1 Å². The third-order valence-electron chi connectivity index (χ3n) is 3.04. The first kappa shape index (κ1) is 13.5. The Morgan fingerprint density at radius 3 is 2.61 bits per heavy atom. The van der Waals surface area contributed by atoms with Crippen LogP contribution in [0.1, 0.15) is 16.8 Å². The zero-order chi connectivity index (χ0) is 13.3. The summed E-state index contributed by atoms with van der Waals surface area (Å²) in [6.45, 7) is 0.992. The Hall–Kier alpha value is -0.880. The maximum absolute atomic E-state index is 12.3. The van der Waals surface area contributed by atoms with Crippen LogP contribution in [0.2, 0.25) is 0 Å². The van der Waals surface area contributed by atoms with E-state index >= 15 is 0 Å². The minimum Gasteiger partial charge on any atom is -0.369 e. The van der Waals surface area contributed by atoms with Crippen LogP contribution in [0.4, 0.5) is 0 Å². The molecule has 1 unspecified atom stereocenters. The van der Waals surface area contributed by atoms with Crippen molar-refractivity contribution in [3.8, 4) is 0 Å². The predicted octanol–water partition coefficient (Wildman–Crippen LogP) is 2.16. The highest BCUT2D eigenvalue weighted by molar-refractivity contribution is 9.11. The van der Waals surface area contributed by atoms with E-state index in [4.69, 9.17) is 5.73 Å². The highest BCUT2D eigenvalue weighted by atomic mass is 79.9. The van der Waals surface area contributed by atoms with Gasteiger partial charge in [0.15, 0.2) is 0 Å². The molecule has 0 bridgehead atoms. The molecule has 4 nitrogen and oxygen atoms in total. The highest BCUT2D eigenvalue weighted by Crippen LogP contribution is 2.25. The number of halogens is 2. The molecule has 0 aromatic heterocycles. The van der Waals surface area contributed by atoms with Gasteiger partial charge in [-0.15, -0.1) is 0 Å². The second-order valence-corrected chi connectivity index (χ2v) is 6.03. The van der Waals surface area contributed by atoms with Gasteiger partial charge in [0.2, 0.25) is 5.91 Å². The zero-order valence-electron chi connectivity index (χ0n) is 9.53. The molecular weight excluding hydrogens is 364 g/mol. The number of amides is 2. The van der Waals surface area contributed by atoms with Crippen molar-refractivity contribution in [3.05, 3.63) is 32.7 Å². The summed E-state index contributed by atoms with van der Waals surface area (Å²) in [5, 5.41) is 0. The predicted molar refractivity (Wildman–Crippen MR) is 75.0 cm³/mol. The number of nitrogens with two attached hydrogens (primary N) is 1. The maximum atomic E-state index is 12.3. The van der Waals surface area contributed by atoms with Gasteiger partial charge < -0.3 is 10.6 Å². The van der Waals surface area contributed by atoms with Gasteiger partial charge in [0.1, 0.15) is 0 Å². The van der Waals surface area contributed by atoms with Crippen LogP contribution >= 0.6 is 31.9 Å². The van der Waals surface area contributed by atoms with Crippen molar-refractivity contribution in [2.75, 3.05) is 13.1 Å². The molecule has 0 aliphatic carbocycles. The Morgan fingerprint density at radius 2 is 2.06 bits per heavy atom. The smallest absolute Gasteiger partial charge is 0.255 e. The Bertz CT molecular complexity index is 505. The summed E-state index contributed by atoms with van der Waals surface area (Å²) in [4.78, 5) is 25.0. The molecule has 2 N–H and O–H groups in total. The number of nitrogens with zero attached hydrogens (tertiary/aromatic N) is 1. The maximum Gasteiger partial charge on any atom is 0.255 e. The first-order valence-electron chi connectivity index (χ1n) is 5.52. The Balaban J connectivity index is 2.15. The lowest BCUT2D eigenvalue weighted by Gasteiger charge is -2.17. The van der Waals surface area contributed by atoms with E-state index in [1.165, 1.54) is 0 Å². The lowest BCUT2D eigenvalue weighted by Crippen LogP contribution is -2.31. The Kier molecular flexibility index (Phi) is 4.07. The van der Waals surface area contributed by atoms with Crippen LogP contribution in [0.25, 0.3) is 0 Å². The minimum atomic E-state index is -0.333. The van der Waals surface area contributed by atoms with Crippen molar-refractivity contribution < 1.29 is 9.59 Å². The van der Waals surface area contributed by atoms with Crippen LogP contribution in [-0.4, -0.2) is 29.8 Å². The van der Waals surface area contributed by atoms with E-state index in [2.05, 4.69) is 31.9 Å². The van der Waals surface area contributed by atoms with Gasteiger partial charge in [-0.3, -0.25) is 9.59 Å². The molecule has 1 atom stereocenters. The number of carbonyl (C=O) groups is 2. The molecule has 1 aliphatic heterocycles. The van der Waals surface area contributed by atoms with Gasteiger partial charge in [-0.25, -0.2) is 0 Å².